The molecule has 1 aliphatic rings. The van der Waals surface area contributed by atoms with Crippen LogP contribution in [0.4, 0.5) is 10.2 Å². The van der Waals surface area contributed by atoms with Crippen molar-refractivity contribution < 1.29 is 22.4 Å². The summed E-state index contributed by atoms with van der Waals surface area (Å²) in [6.07, 6.45) is 6.01. The fraction of sp³-hybridized carbons (Fsp3) is 0.296. The zero-order chi connectivity index (χ0) is 27.2. The Morgan fingerprint density at radius 2 is 2.00 bits per heavy atom. The number of imidazole rings is 1. The Bertz CT molecular complexity index is 1720. The van der Waals surface area contributed by atoms with Gasteiger partial charge in [-0.15, -0.1) is 0 Å². The quantitative estimate of drug-likeness (QED) is 0.400. The van der Waals surface area contributed by atoms with E-state index in [9.17, 15) is 22.4 Å². The smallest absolute Gasteiger partial charge is 0.230 e. The molecule has 4 aromatic rings. The van der Waals surface area contributed by atoms with Gasteiger partial charge in [-0.2, -0.15) is 0 Å². The van der Waals surface area contributed by atoms with Gasteiger partial charge in [0.25, 0.3) is 0 Å². The van der Waals surface area contributed by atoms with Crippen LogP contribution >= 0.6 is 0 Å². The molecule has 9 nitrogen and oxygen atoms in total. The predicted octanol–water partition coefficient (Wildman–Crippen LogP) is 3.63. The topological polar surface area (TPSA) is 123 Å². The van der Waals surface area contributed by atoms with Crippen LogP contribution in [0.3, 0.4) is 0 Å². The Balaban J connectivity index is 1.34. The molecule has 1 atom stereocenters. The highest BCUT2D eigenvalue weighted by Crippen LogP contribution is 2.38. The van der Waals surface area contributed by atoms with Crippen molar-refractivity contribution in [2.45, 2.75) is 50.3 Å². The molecule has 1 aliphatic carbocycles. The molecule has 0 radical (unpaired) electrons. The molecule has 3 aromatic heterocycles. The van der Waals surface area contributed by atoms with Gasteiger partial charge in [0, 0.05) is 24.2 Å². The Hall–Kier alpha value is -3.99. The number of amides is 1. The molecule has 1 N–H and O–H groups in total. The van der Waals surface area contributed by atoms with E-state index in [0.29, 0.717) is 35.4 Å². The van der Waals surface area contributed by atoms with E-state index >= 15 is 0 Å². The van der Waals surface area contributed by atoms with E-state index in [1.165, 1.54) is 19.1 Å². The van der Waals surface area contributed by atoms with Gasteiger partial charge in [-0.05, 0) is 56.5 Å². The van der Waals surface area contributed by atoms with E-state index in [0.717, 1.165) is 11.8 Å². The number of sulfone groups is 1. The average Bonchev–Trinajstić information content (AvgIpc) is 3.27. The summed E-state index contributed by atoms with van der Waals surface area (Å²) >= 11 is 0. The first-order valence-corrected chi connectivity index (χ1v) is 13.8. The van der Waals surface area contributed by atoms with Gasteiger partial charge in [0.2, 0.25) is 5.91 Å². The largest absolute Gasteiger partial charge is 0.310 e. The van der Waals surface area contributed by atoms with Crippen LogP contribution in [-0.2, 0) is 32.9 Å². The molecule has 0 saturated heterocycles. The number of hydrogen-bond donors (Lipinski definition) is 1. The van der Waals surface area contributed by atoms with E-state index in [1.807, 2.05) is 24.4 Å². The first-order chi connectivity index (χ1) is 18.0. The Kier molecular flexibility index (Phi) is 6.34. The van der Waals surface area contributed by atoms with Crippen molar-refractivity contribution in [1.29, 1.82) is 0 Å². The third-order valence-corrected chi connectivity index (χ3v) is 8.71. The maximum Gasteiger partial charge on any atom is 0.230 e. The normalized spacial score (nSPS) is 17.4. The minimum absolute atomic E-state index is 0.0670. The van der Waals surface area contributed by atoms with Gasteiger partial charge in [-0.25, -0.2) is 22.8 Å². The lowest BCUT2D eigenvalue weighted by molar-refractivity contribution is -0.115. The molecule has 38 heavy (non-hydrogen) atoms. The van der Waals surface area contributed by atoms with Crippen molar-refractivity contribution in [2.75, 3.05) is 11.1 Å². The highest BCUT2D eigenvalue weighted by atomic mass is 32.2. The zero-order valence-corrected chi connectivity index (χ0v) is 22.0. The fourth-order valence-corrected chi connectivity index (χ4v) is 5.69. The van der Waals surface area contributed by atoms with Gasteiger partial charge < -0.3 is 9.72 Å². The van der Waals surface area contributed by atoms with Crippen LogP contribution in [0, 0.1) is 12.7 Å². The zero-order valence-electron chi connectivity index (χ0n) is 21.2. The number of Topliss-reactive ketones (excluding diaryl/α,β-unsaturated/α-hetero) is 1. The second-order valence-electron chi connectivity index (χ2n) is 9.62. The number of pyridine rings is 1. The fourth-order valence-electron chi connectivity index (χ4n) is 4.80. The summed E-state index contributed by atoms with van der Waals surface area (Å²) in [4.78, 5) is 39.7. The molecule has 0 fully saturated rings. The number of ketones is 1. The highest BCUT2D eigenvalue weighted by molar-refractivity contribution is 7.91. The molecule has 1 amide bonds. The second kappa shape index (κ2) is 9.39. The van der Waals surface area contributed by atoms with Gasteiger partial charge in [-0.3, -0.25) is 14.6 Å². The van der Waals surface area contributed by atoms with Crippen LogP contribution in [0.5, 0.6) is 0 Å². The molecule has 196 valence electrons. The van der Waals surface area contributed by atoms with Gasteiger partial charge in [0.15, 0.2) is 21.3 Å². The Morgan fingerprint density at radius 3 is 2.74 bits per heavy atom. The third-order valence-electron chi connectivity index (χ3n) is 6.98. The van der Waals surface area contributed by atoms with Crippen molar-refractivity contribution in [3.05, 3.63) is 82.9 Å². The van der Waals surface area contributed by atoms with Crippen molar-refractivity contribution in [1.82, 2.24) is 19.4 Å². The predicted molar refractivity (Wildman–Crippen MR) is 138 cm³/mol. The number of halogens is 1. The number of nitrogens with zero attached hydrogens (tertiary/aromatic N) is 4. The molecule has 0 saturated carbocycles. The molecule has 1 unspecified atom stereocenters. The monoisotopic (exact) mass is 535 g/mol. The molecule has 3 heterocycles. The van der Waals surface area contributed by atoms with Crippen LogP contribution in [-0.4, -0.2) is 45.2 Å². The summed E-state index contributed by atoms with van der Waals surface area (Å²) in [5.74, 6) is -1.30. The Labute approximate surface area is 219 Å². The molecule has 0 spiro atoms. The van der Waals surface area contributed by atoms with Crippen molar-refractivity contribution >= 4 is 33.0 Å². The van der Waals surface area contributed by atoms with E-state index in [-0.39, 0.29) is 34.2 Å². The number of carbonyl (C=O) groups excluding carboxylic acids is 2. The number of nitrogens with one attached hydrogen (secondary N) is 1. The first kappa shape index (κ1) is 25.7. The van der Waals surface area contributed by atoms with E-state index < -0.39 is 27.0 Å². The minimum atomic E-state index is -3.55. The molecular weight excluding hydrogens is 509 g/mol. The number of aryl methyl sites for hydroxylation is 2. The van der Waals surface area contributed by atoms with E-state index in [4.69, 9.17) is 0 Å². The molecule has 1 aromatic carbocycles. The maximum atomic E-state index is 14.5. The molecule has 0 bridgehead atoms. The van der Waals surface area contributed by atoms with Crippen LogP contribution < -0.4 is 5.32 Å². The van der Waals surface area contributed by atoms with Crippen LogP contribution in [0.2, 0.25) is 0 Å². The number of anilines is 1. The average molecular weight is 536 g/mol. The van der Waals surface area contributed by atoms with E-state index in [1.54, 1.807) is 24.5 Å². The van der Waals surface area contributed by atoms with Gasteiger partial charge in [0.05, 0.1) is 39.6 Å². The third kappa shape index (κ3) is 4.47. The lowest BCUT2D eigenvalue weighted by Gasteiger charge is -2.32. The second-order valence-corrected chi connectivity index (χ2v) is 11.9. The number of carbonyl (C=O) groups is 2. The van der Waals surface area contributed by atoms with Crippen LogP contribution in [0.25, 0.3) is 5.65 Å². The SMILES string of the molecule is CCS(=O)(=O)c1ccc(CC(=O)Nc2ccc3c(n2)CCC(C)(c2nccn4cc(C)nc24)C3=O)c(F)c1. The summed E-state index contributed by atoms with van der Waals surface area (Å²) in [7, 11) is -3.55. The van der Waals surface area contributed by atoms with Crippen LogP contribution in [0.15, 0.2) is 53.8 Å². The van der Waals surface area contributed by atoms with E-state index in [2.05, 4.69) is 20.3 Å². The standard InChI is InChI=1S/C27H26FN5O4S/c1-4-38(36,37)18-6-5-17(20(28)14-18)13-23(34)32-22-8-7-19-21(31-22)9-10-27(3,25(19)35)24-26-30-16(2)15-33(26)12-11-29-24/h5-8,11-12,14-15H,4,9-10,13H2,1-3H3,(H,31,32,34). The summed E-state index contributed by atoms with van der Waals surface area (Å²) in [6, 6.07) is 6.71. The highest BCUT2D eigenvalue weighted by Gasteiger charge is 2.43. The summed E-state index contributed by atoms with van der Waals surface area (Å²) in [5.41, 5.74) is 2.30. The van der Waals surface area contributed by atoms with Crippen molar-refractivity contribution in [3.8, 4) is 0 Å². The number of rotatable bonds is 6. The number of fused-ring (bicyclic) bond motifs is 2. The van der Waals surface area contributed by atoms with Gasteiger partial charge in [-0.1, -0.05) is 13.0 Å². The summed E-state index contributed by atoms with van der Waals surface area (Å²) in [5, 5.41) is 2.65. The Morgan fingerprint density at radius 1 is 1.21 bits per heavy atom. The van der Waals surface area contributed by atoms with Gasteiger partial charge in [0.1, 0.15) is 11.6 Å². The lowest BCUT2D eigenvalue weighted by atomic mass is 9.71. The first-order valence-electron chi connectivity index (χ1n) is 12.2. The van der Waals surface area contributed by atoms with Crippen LogP contribution in [0.1, 0.15) is 53.3 Å². The number of aromatic nitrogens is 4. The maximum absolute atomic E-state index is 14.5. The molecule has 5 rings (SSSR count). The van der Waals surface area contributed by atoms with Gasteiger partial charge >= 0.3 is 0 Å². The number of hydrogen-bond acceptors (Lipinski definition) is 7. The molecule has 11 heteroatoms. The molecular formula is C27H26FN5O4S. The van der Waals surface area contributed by atoms with Crippen molar-refractivity contribution in [3.63, 3.8) is 0 Å². The molecule has 0 aliphatic heterocycles. The lowest BCUT2D eigenvalue weighted by Crippen LogP contribution is -2.39. The summed E-state index contributed by atoms with van der Waals surface area (Å²) in [6.45, 7) is 5.23. The number of benzene rings is 1. The summed E-state index contributed by atoms with van der Waals surface area (Å²) < 4.78 is 40.3. The minimum Gasteiger partial charge on any atom is -0.310 e. The van der Waals surface area contributed by atoms with Crippen molar-refractivity contribution in [2.24, 2.45) is 0 Å².